The number of para-hydroxylation sites is 1. The molecule has 0 unspecified atom stereocenters. The van der Waals surface area contributed by atoms with Crippen LogP contribution in [0.2, 0.25) is 0 Å². The van der Waals surface area contributed by atoms with Crippen molar-refractivity contribution in [1.82, 2.24) is 4.57 Å². The average Bonchev–Trinajstić information content (AvgIpc) is 3.27. The molecule has 0 spiro atoms. The fourth-order valence-corrected chi connectivity index (χ4v) is 5.11. The zero-order valence-electron chi connectivity index (χ0n) is 22.8. The lowest BCUT2D eigenvalue weighted by Crippen LogP contribution is -2.37. The Bertz CT molecular complexity index is 703. The van der Waals surface area contributed by atoms with Crippen molar-refractivity contribution in [3.05, 3.63) is 48.5 Å². The van der Waals surface area contributed by atoms with Crippen LogP contribution in [-0.4, -0.2) is 4.57 Å². The van der Waals surface area contributed by atoms with Crippen LogP contribution in [0.1, 0.15) is 142 Å². The van der Waals surface area contributed by atoms with Crippen LogP contribution in [0, 0.1) is 0 Å². The molecule has 2 aromatic rings. The summed E-state index contributed by atoms with van der Waals surface area (Å²) < 4.78 is 4.98. The Kier molecular flexibility index (Phi) is 16.6. The summed E-state index contributed by atoms with van der Waals surface area (Å²) in [6.45, 7) is 5.77. The van der Waals surface area contributed by atoms with E-state index < -0.39 is 0 Å². The largest absolute Gasteiger partial charge is 0.261 e. The lowest BCUT2D eigenvalue weighted by Gasteiger charge is -2.06. The number of nitrogens with zero attached hydrogens (tertiary/aromatic N) is 2. The van der Waals surface area contributed by atoms with Crippen LogP contribution in [0.4, 0.5) is 0 Å². The number of rotatable bonds is 22. The first-order valence-electron chi connectivity index (χ1n) is 15.0. The van der Waals surface area contributed by atoms with Crippen molar-refractivity contribution < 1.29 is 4.57 Å². The molecule has 1 heterocycles. The van der Waals surface area contributed by atoms with E-state index >= 15 is 0 Å². The highest BCUT2D eigenvalue weighted by atomic mass is 15.1. The van der Waals surface area contributed by atoms with Gasteiger partial charge in [0.25, 0.3) is 5.82 Å². The van der Waals surface area contributed by atoms with Crippen molar-refractivity contribution in [2.75, 3.05) is 0 Å². The smallest absolute Gasteiger partial charge is 0.234 e. The van der Waals surface area contributed by atoms with Gasteiger partial charge in [0.1, 0.15) is 18.1 Å². The van der Waals surface area contributed by atoms with Crippen LogP contribution in [-0.2, 0) is 13.0 Å². The number of aromatic nitrogens is 2. The maximum Gasteiger partial charge on any atom is 0.261 e. The molecule has 2 rings (SSSR count). The molecule has 34 heavy (non-hydrogen) atoms. The van der Waals surface area contributed by atoms with Gasteiger partial charge >= 0.3 is 0 Å². The third-order valence-electron chi connectivity index (χ3n) is 7.30. The van der Waals surface area contributed by atoms with Crippen molar-refractivity contribution in [2.45, 2.75) is 149 Å². The first-order chi connectivity index (χ1) is 16.9. The Morgan fingerprint density at radius 3 is 1.56 bits per heavy atom. The molecule has 0 aliphatic heterocycles. The standard InChI is InChI=1S/C32H55N2/c1-3-5-7-9-11-13-14-16-18-23-27-32-33(28-24-19-17-15-12-10-8-6-4-2)29-30-34(32)31-25-21-20-22-26-31/h20-22,25-26,29-30H,3-19,23-24,27-28H2,1-2H3/q+1. The van der Waals surface area contributed by atoms with E-state index in [2.05, 4.69) is 65.7 Å². The summed E-state index contributed by atoms with van der Waals surface area (Å²) in [5, 5.41) is 0. The molecule has 0 aliphatic rings. The predicted octanol–water partition coefficient (Wildman–Crippen LogP) is 9.76. The summed E-state index contributed by atoms with van der Waals surface area (Å²) in [7, 11) is 0. The van der Waals surface area contributed by atoms with E-state index in [0.717, 1.165) is 0 Å². The van der Waals surface area contributed by atoms with Crippen LogP contribution < -0.4 is 4.57 Å². The van der Waals surface area contributed by atoms with Crippen LogP contribution in [0.25, 0.3) is 5.69 Å². The lowest BCUT2D eigenvalue weighted by molar-refractivity contribution is -0.704. The van der Waals surface area contributed by atoms with E-state index in [9.17, 15) is 0 Å². The Morgan fingerprint density at radius 1 is 0.559 bits per heavy atom. The molecule has 0 bridgehead atoms. The monoisotopic (exact) mass is 467 g/mol. The summed E-state index contributed by atoms with van der Waals surface area (Å²) in [5.41, 5.74) is 1.30. The summed E-state index contributed by atoms with van der Waals surface area (Å²) in [6.07, 6.45) is 32.4. The molecule has 0 saturated carbocycles. The topological polar surface area (TPSA) is 8.81 Å². The molecule has 1 aromatic heterocycles. The van der Waals surface area contributed by atoms with E-state index in [1.807, 2.05) is 0 Å². The molecule has 1 aromatic carbocycles. The maximum absolute atomic E-state index is 2.54. The van der Waals surface area contributed by atoms with E-state index in [1.54, 1.807) is 0 Å². The van der Waals surface area contributed by atoms with Crippen molar-refractivity contribution in [3.63, 3.8) is 0 Å². The zero-order chi connectivity index (χ0) is 24.1. The summed E-state index contributed by atoms with van der Waals surface area (Å²) in [5.74, 6) is 1.49. The SMILES string of the molecule is CCCCCCCCCCCCc1n(-c2ccccc2)cc[n+]1CCCCCCCCCCC. The number of aryl methyl sites for hydroxylation is 1. The summed E-state index contributed by atoms with van der Waals surface area (Å²) >= 11 is 0. The quantitative estimate of drug-likeness (QED) is 0.120. The number of benzene rings is 1. The summed E-state index contributed by atoms with van der Waals surface area (Å²) in [6, 6.07) is 10.9. The lowest BCUT2D eigenvalue weighted by atomic mass is 10.1. The molecule has 0 radical (unpaired) electrons. The van der Waals surface area contributed by atoms with Crippen LogP contribution >= 0.6 is 0 Å². The van der Waals surface area contributed by atoms with Crippen LogP contribution in [0.3, 0.4) is 0 Å². The number of unbranched alkanes of at least 4 members (excludes halogenated alkanes) is 17. The van der Waals surface area contributed by atoms with Crippen LogP contribution in [0.15, 0.2) is 42.7 Å². The predicted molar refractivity (Wildman–Crippen MR) is 149 cm³/mol. The molecule has 2 nitrogen and oxygen atoms in total. The third kappa shape index (κ3) is 12.2. The molecule has 0 aliphatic carbocycles. The highest BCUT2D eigenvalue weighted by Gasteiger charge is 2.18. The Hall–Kier alpha value is -1.57. The minimum absolute atomic E-state index is 1.17. The van der Waals surface area contributed by atoms with Gasteiger partial charge in [0.05, 0.1) is 6.54 Å². The van der Waals surface area contributed by atoms with E-state index in [1.165, 1.54) is 146 Å². The molecular weight excluding hydrogens is 412 g/mol. The van der Waals surface area contributed by atoms with Crippen LogP contribution in [0.5, 0.6) is 0 Å². The van der Waals surface area contributed by atoms with Gasteiger partial charge < -0.3 is 0 Å². The molecule has 0 amide bonds. The highest BCUT2D eigenvalue weighted by molar-refractivity contribution is 5.31. The fourth-order valence-electron chi connectivity index (χ4n) is 5.11. The Morgan fingerprint density at radius 2 is 1.03 bits per heavy atom. The highest BCUT2D eigenvalue weighted by Crippen LogP contribution is 2.15. The maximum atomic E-state index is 2.54. The van der Waals surface area contributed by atoms with E-state index in [0.29, 0.717) is 0 Å². The van der Waals surface area contributed by atoms with Crippen molar-refractivity contribution in [3.8, 4) is 5.69 Å². The zero-order valence-corrected chi connectivity index (χ0v) is 22.8. The minimum atomic E-state index is 1.17. The second-order valence-electron chi connectivity index (χ2n) is 10.4. The number of hydrogen-bond donors (Lipinski definition) is 0. The molecule has 2 heteroatoms. The first kappa shape index (κ1) is 28.7. The van der Waals surface area contributed by atoms with Gasteiger partial charge in [-0.05, 0) is 31.4 Å². The Labute approximate surface area is 212 Å². The molecule has 0 N–H and O–H groups in total. The second-order valence-corrected chi connectivity index (χ2v) is 10.4. The molecule has 0 atom stereocenters. The number of imidazole rings is 1. The Balaban J connectivity index is 1.73. The molecule has 0 saturated heterocycles. The van der Waals surface area contributed by atoms with Gasteiger partial charge in [-0.25, -0.2) is 4.57 Å². The van der Waals surface area contributed by atoms with Crippen molar-refractivity contribution in [2.24, 2.45) is 0 Å². The van der Waals surface area contributed by atoms with Gasteiger partial charge in [-0.3, -0.25) is 0 Å². The first-order valence-corrected chi connectivity index (χ1v) is 15.0. The molecular formula is C32H55N2+. The fraction of sp³-hybridized carbons (Fsp3) is 0.719. The van der Waals surface area contributed by atoms with E-state index in [4.69, 9.17) is 0 Å². The van der Waals surface area contributed by atoms with Crippen molar-refractivity contribution in [1.29, 1.82) is 0 Å². The van der Waals surface area contributed by atoms with Gasteiger partial charge in [0.2, 0.25) is 0 Å². The van der Waals surface area contributed by atoms with Crippen molar-refractivity contribution >= 4 is 0 Å². The van der Waals surface area contributed by atoms with Gasteiger partial charge in [-0.2, -0.15) is 4.57 Å². The van der Waals surface area contributed by atoms with Gasteiger partial charge in [-0.1, -0.05) is 135 Å². The molecule has 192 valence electrons. The summed E-state index contributed by atoms with van der Waals surface area (Å²) in [4.78, 5) is 0. The van der Waals surface area contributed by atoms with Gasteiger partial charge in [0, 0.05) is 6.42 Å². The van der Waals surface area contributed by atoms with Gasteiger partial charge in [0.15, 0.2) is 0 Å². The van der Waals surface area contributed by atoms with Gasteiger partial charge in [-0.15, -0.1) is 0 Å². The molecule has 0 fully saturated rings. The number of hydrogen-bond acceptors (Lipinski definition) is 0. The normalized spacial score (nSPS) is 11.4. The van der Waals surface area contributed by atoms with E-state index in [-0.39, 0.29) is 0 Å². The second kappa shape index (κ2) is 19.7. The average molecular weight is 468 g/mol. The third-order valence-corrected chi connectivity index (χ3v) is 7.30. The minimum Gasteiger partial charge on any atom is -0.234 e.